The summed E-state index contributed by atoms with van der Waals surface area (Å²) >= 11 is 0. The Morgan fingerprint density at radius 2 is 2.08 bits per heavy atom. The Morgan fingerprint density at radius 3 is 2.68 bits per heavy atom. The van der Waals surface area contributed by atoms with Crippen LogP contribution in [0.3, 0.4) is 0 Å². The molecule has 4 aliphatic rings. The molecule has 4 rings (SSSR count). The Labute approximate surface area is 143 Å². The van der Waals surface area contributed by atoms with Crippen molar-refractivity contribution in [2.75, 3.05) is 27.4 Å². The van der Waals surface area contributed by atoms with E-state index in [1.54, 1.807) is 6.92 Å². The Bertz CT molecular complexity index is 772. The molecule has 0 spiro atoms. The van der Waals surface area contributed by atoms with Crippen LogP contribution in [0.1, 0.15) is 6.92 Å². The van der Waals surface area contributed by atoms with E-state index in [2.05, 4.69) is 5.32 Å². The third-order valence-corrected chi connectivity index (χ3v) is 5.58. The second-order valence-electron chi connectivity index (χ2n) is 6.58. The summed E-state index contributed by atoms with van der Waals surface area (Å²) in [6.45, 7) is 1.96. The van der Waals surface area contributed by atoms with Crippen LogP contribution in [0.4, 0.5) is 4.79 Å². The van der Waals surface area contributed by atoms with Crippen molar-refractivity contribution in [2.45, 2.75) is 24.7 Å². The number of methoxy groups -OCH3 is 2. The summed E-state index contributed by atoms with van der Waals surface area (Å²) in [5, 5.41) is 3.29. The summed E-state index contributed by atoms with van der Waals surface area (Å²) in [6, 6.07) is 0.109. The zero-order valence-corrected chi connectivity index (χ0v) is 14.1. The van der Waals surface area contributed by atoms with Crippen LogP contribution >= 0.6 is 0 Å². The van der Waals surface area contributed by atoms with Crippen molar-refractivity contribution < 1.29 is 28.6 Å². The van der Waals surface area contributed by atoms with Crippen molar-refractivity contribution in [1.82, 2.24) is 10.2 Å². The van der Waals surface area contributed by atoms with Gasteiger partial charge in [0.15, 0.2) is 11.5 Å². The van der Waals surface area contributed by atoms with Crippen LogP contribution in [-0.4, -0.2) is 67.7 Å². The molecule has 1 aliphatic carbocycles. The van der Waals surface area contributed by atoms with Gasteiger partial charge >= 0.3 is 6.09 Å². The zero-order chi connectivity index (χ0) is 18.1. The van der Waals surface area contributed by atoms with E-state index in [0.29, 0.717) is 12.2 Å². The van der Waals surface area contributed by atoms with E-state index in [4.69, 9.17) is 19.9 Å². The molecule has 0 bridgehead atoms. The normalized spacial score (nSPS) is 35.6. The van der Waals surface area contributed by atoms with Gasteiger partial charge in [-0.25, -0.2) is 4.79 Å². The van der Waals surface area contributed by atoms with Gasteiger partial charge in [0.25, 0.3) is 0 Å². The molecule has 0 radical (unpaired) electrons. The molecule has 3 N–H and O–H groups in total. The first-order valence-corrected chi connectivity index (χ1v) is 7.98. The van der Waals surface area contributed by atoms with Gasteiger partial charge in [0.05, 0.1) is 24.8 Å². The Balaban J connectivity index is 1.84. The topological polar surface area (TPSA) is 130 Å². The molecule has 9 nitrogen and oxygen atoms in total. The number of hydrogen-bond donors (Lipinski definition) is 2. The number of carbonyl (C=O) groups is 3. The third-order valence-electron chi connectivity index (χ3n) is 5.58. The predicted octanol–water partition coefficient (Wildman–Crippen LogP) is -0.963. The van der Waals surface area contributed by atoms with Crippen LogP contribution in [0.5, 0.6) is 0 Å². The number of allylic oxidation sites excluding steroid dienone is 2. The van der Waals surface area contributed by atoms with Crippen LogP contribution in [0.25, 0.3) is 0 Å². The third kappa shape index (κ3) is 1.82. The van der Waals surface area contributed by atoms with E-state index >= 15 is 0 Å². The van der Waals surface area contributed by atoms with Crippen LogP contribution in [0.2, 0.25) is 0 Å². The lowest BCUT2D eigenvalue weighted by Gasteiger charge is -2.39. The molecular weight excluding hydrogens is 330 g/mol. The molecule has 25 heavy (non-hydrogen) atoms. The second-order valence-corrected chi connectivity index (χ2v) is 6.58. The Hall–Kier alpha value is -2.39. The maximum atomic E-state index is 13.0. The van der Waals surface area contributed by atoms with Gasteiger partial charge in [-0.2, -0.15) is 0 Å². The van der Waals surface area contributed by atoms with Crippen molar-refractivity contribution >= 4 is 17.7 Å². The molecule has 0 aromatic heterocycles. The standard InChI is InChI=1S/C16H19N3O6/c1-6-11(20)10-9(12(21)13(6)23-2)7(5-25-15(17)22)16(24-3)14-8(18-14)4-19(10)16/h7-8,14,18H,4-5H2,1-3H3,(H2,17,22)/t7-,8+,14+,16-/m0/s1. The molecule has 2 saturated heterocycles. The zero-order valence-electron chi connectivity index (χ0n) is 14.1. The maximum Gasteiger partial charge on any atom is 0.404 e. The molecule has 9 heteroatoms. The smallest absolute Gasteiger partial charge is 0.404 e. The fourth-order valence-corrected chi connectivity index (χ4v) is 4.51. The van der Waals surface area contributed by atoms with Crippen LogP contribution in [0, 0.1) is 5.92 Å². The first-order valence-electron chi connectivity index (χ1n) is 7.98. The monoisotopic (exact) mass is 349 g/mol. The van der Waals surface area contributed by atoms with Gasteiger partial charge in [0.2, 0.25) is 11.6 Å². The van der Waals surface area contributed by atoms with Crippen LogP contribution in [0.15, 0.2) is 22.6 Å². The van der Waals surface area contributed by atoms with Crippen molar-refractivity contribution in [3.05, 3.63) is 22.6 Å². The molecule has 1 amide bonds. The number of amides is 1. The molecule has 4 atom stereocenters. The molecule has 3 aliphatic heterocycles. The van der Waals surface area contributed by atoms with Gasteiger partial charge in [-0.3, -0.25) is 9.59 Å². The van der Waals surface area contributed by atoms with Gasteiger partial charge < -0.3 is 30.2 Å². The molecule has 3 heterocycles. The van der Waals surface area contributed by atoms with Gasteiger partial charge in [-0.15, -0.1) is 0 Å². The summed E-state index contributed by atoms with van der Waals surface area (Å²) in [6.07, 6.45) is -0.946. The quantitative estimate of drug-likeness (QED) is 0.490. The van der Waals surface area contributed by atoms with Gasteiger partial charge in [-0.1, -0.05) is 0 Å². The number of ketones is 2. The lowest BCUT2D eigenvalue weighted by Crippen LogP contribution is -2.55. The van der Waals surface area contributed by atoms with Crippen molar-refractivity contribution in [3.63, 3.8) is 0 Å². The maximum absolute atomic E-state index is 13.0. The summed E-state index contributed by atoms with van der Waals surface area (Å²) in [7, 11) is 2.88. The number of ether oxygens (including phenoxy) is 3. The minimum Gasteiger partial charge on any atom is -0.492 e. The number of nitrogens with one attached hydrogen (secondary N) is 1. The minimum atomic E-state index is -0.959. The van der Waals surface area contributed by atoms with Crippen LogP contribution < -0.4 is 11.1 Å². The number of carbonyl (C=O) groups excluding carboxylic acids is 3. The molecular formula is C16H19N3O6. The number of Topliss-reactive ketones (excluding diaryl/α,β-unsaturated/α-hetero) is 2. The summed E-state index contributed by atoms with van der Waals surface area (Å²) in [4.78, 5) is 38.9. The Morgan fingerprint density at radius 1 is 1.36 bits per heavy atom. The summed E-state index contributed by atoms with van der Waals surface area (Å²) in [5.74, 6) is -1.27. The summed E-state index contributed by atoms with van der Waals surface area (Å²) < 4.78 is 16.0. The van der Waals surface area contributed by atoms with E-state index in [9.17, 15) is 14.4 Å². The highest BCUT2D eigenvalue weighted by atomic mass is 16.6. The number of primary amides is 1. The van der Waals surface area contributed by atoms with E-state index in [1.165, 1.54) is 14.2 Å². The number of nitrogens with two attached hydrogens (primary N) is 1. The summed E-state index contributed by atoms with van der Waals surface area (Å²) in [5.41, 5.74) is 5.00. The lowest BCUT2D eigenvalue weighted by molar-refractivity contribution is -0.137. The highest BCUT2D eigenvalue weighted by Gasteiger charge is 2.72. The SMILES string of the molecule is COC1=C(C)C(=O)C2=C(C1=O)[C@H](COC(N)=O)[C@]1(OC)[C@@H]3N[C@@H]3CN21. The number of fused-ring (bicyclic) bond motifs is 4. The predicted molar refractivity (Wildman–Crippen MR) is 82.9 cm³/mol. The highest BCUT2D eigenvalue weighted by molar-refractivity contribution is 6.25. The van der Waals surface area contributed by atoms with Crippen molar-refractivity contribution in [2.24, 2.45) is 11.7 Å². The lowest BCUT2D eigenvalue weighted by atomic mass is 9.83. The van der Waals surface area contributed by atoms with Gasteiger partial charge in [0.1, 0.15) is 6.61 Å². The molecule has 0 aromatic carbocycles. The van der Waals surface area contributed by atoms with E-state index in [0.717, 1.165) is 0 Å². The first-order chi connectivity index (χ1) is 11.9. The van der Waals surface area contributed by atoms with Crippen molar-refractivity contribution in [1.29, 1.82) is 0 Å². The molecule has 0 aromatic rings. The van der Waals surface area contributed by atoms with Gasteiger partial charge in [0, 0.05) is 30.8 Å². The molecule has 0 unspecified atom stereocenters. The highest BCUT2D eigenvalue weighted by Crippen LogP contribution is 2.55. The van der Waals surface area contributed by atoms with Gasteiger partial charge in [-0.05, 0) is 6.92 Å². The van der Waals surface area contributed by atoms with E-state index < -0.39 is 17.7 Å². The van der Waals surface area contributed by atoms with Crippen LogP contribution in [-0.2, 0) is 23.8 Å². The van der Waals surface area contributed by atoms with E-state index in [1.807, 2.05) is 4.90 Å². The fraction of sp³-hybridized carbons (Fsp3) is 0.562. The first kappa shape index (κ1) is 16.1. The number of hydrogen-bond acceptors (Lipinski definition) is 8. The number of nitrogens with zero attached hydrogens (tertiary/aromatic N) is 1. The van der Waals surface area contributed by atoms with Crippen molar-refractivity contribution in [3.8, 4) is 0 Å². The average Bonchev–Trinajstić information content (AvgIpc) is 3.18. The second kappa shape index (κ2) is 5.06. The number of rotatable bonds is 4. The Kier molecular flexibility index (Phi) is 3.26. The van der Waals surface area contributed by atoms with E-state index in [-0.39, 0.29) is 47.2 Å². The molecule has 0 saturated carbocycles. The largest absolute Gasteiger partial charge is 0.492 e. The number of piperazine rings is 1. The average molecular weight is 349 g/mol. The molecule has 134 valence electrons. The minimum absolute atomic E-state index is 0.0144. The fourth-order valence-electron chi connectivity index (χ4n) is 4.51. The molecule has 2 fully saturated rings.